The van der Waals surface area contributed by atoms with E-state index in [1.807, 2.05) is 36.4 Å². The Bertz CT molecular complexity index is 1000. The standard InChI is InChI=1S/C20H23ClN2O3S/c1-4-20(5-2,15-9-11-16(21)12-10-15)23-14-13-17-18(7-6-8-19(17)23)22(3)26-27(24)25/h6-14,27H,4-5H2,1-3H3. The Balaban J connectivity index is 2.19. The third-order valence-corrected chi connectivity index (χ3v) is 5.88. The second-order valence-electron chi connectivity index (χ2n) is 6.44. The van der Waals surface area contributed by atoms with Crippen LogP contribution in [0.5, 0.6) is 0 Å². The molecular formula is C20H23ClN2O3S. The van der Waals surface area contributed by atoms with Gasteiger partial charge >= 0.3 is 0 Å². The lowest BCUT2D eigenvalue weighted by atomic mass is 9.84. The van der Waals surface area contributed by atoms with Crippen molar-refractivity contribution in [3.8, 4) is 0 Å². The van der Waals surface area contributed by atoms with E-state index >= 15 is 0 Å². The Labute approximate surface area is 166 Å². The second-order valence-corrected chi connectivity index (χ2v) is 7.49. The average Bonchev–Trinajstić information content (AvgIpc) is 3.09. The number of thiol groups is 1. The number of aromatic nitrogens is 1. The fraction of sp³-hybridized carbons (Fsp3) is 0.300. The van der Waals surface area contributed by atoms with E-state index in [4.69, 9.17) is 15.9 Å². The summed E-state index contributed by atoms with van der Waals surface area (Å²) < 4.78 is 29.0. The van der Waals surface area contributed by atoms with Gasteiger partial charge in [0.1, 0.15) is 0 Å². The average molecular weight is 407 g/mol. The normalized spacial score (nSPS) is 12.0. The highest BCUT2D eigenvalue weighted by molar-refractivity contribution is 7.67. The topological polar surface area (TPSA) is 51.5 Å². The molecule has 3 rings (SSSR count). The van der Waals surface area contributed by atoms with Crippen LogP contribution in [0.4, 0.5) is 5.69 Å². The van der Waals surface area contributed by atoms with Crippen molar-refractivity contribution >= 4 is 39.2 Å². The molecule has 0 amide bonds. The first-order valence-electron chi connectivity index (χ1n) is 8.85. The molecule has 0 radical (unpaired) electrons. The predicted octanol–water partition coefficient (Wildman–Crippen LogP) is 4.75. The molecule has 0 unspecified atom stereocenters. The smallest absolute Gasteiger partial charge is 0.277 e. The van der Waals surface area contributed by atoms with Crippen molar-refractivity contribution in [3.63, 3.8) is 0 Å². The highest BCUT2D eigenvalue weighted by atomic mass is 35.5. The Morgan fingerprint density at radius 1 is 1.07 bits per heavy atom. The number of hydrogen-bond acceptors (Lipinski definition) is 4. The zero-order chi connectivity index (χ0) is 19.6. The number of hydrogen-bond donors (Lipinski definition) is 1. The van der Waals surface area contributed by atoms with E-state index < -0.39 is 11.0 Å². The van der Waals surface area contributed by atoms with Crippen LogP contribution in [0.3, 0.4) is 0 Å². The summed E-state index contributed by atoms with van der Waals surface area (Å²) in [4.78, 5) is 0. The number of anilines is 1. The fourth-order valence-corrected chi connectivity index (χ4v) is 4.26. The summed E-state index contributed by atoms with van der Waals surface area (Å²) in [6.07, 6.45) is 3.86. The van der Waals surface area contributed by atoms with E-state index in [1.165, 1.54) is 10.6 Å². The molecule has 0 aliphatic carbocycles. The molecule has 7 heteroatoms. The second kappa shape index (κ2) is 7.92. The highest BCUT2D eigenvalue weighted by Crippen LogP contribution is 2.39. The maximum atomic E-state index is 10.9. The summed E-state index contributed by atoms with van der Waals surface area (Å²) >= 11 is 6.09. The van der Waals surface area contributed by atoms with Crippen LogP contribution in [0.1, 0.15) is 32.3 Å². The van der Waals surface area contributed by atoms with Crippen LogP contribution in [0.2, 0.25) is 5.02 Å². The molecule has 0 saturated heterocycles. The Hall–Kier alpha value is -2.02. The molecule has 2 aromatic carbocycles. The summed E-state index contributed by atoms with van der Waals surface area (Å²) in [5.41, 5.74) is 2.67. The zero-order valence-corrected chi connectivity index (χ0v) is 17.2. The lowest BCUT2D eigenvalue weighted by Crippen LogP contribution is -2.33. The van der Waals surface area contributed by atoms with Crippen LogP contribution in [0.25, 0.3) is 10.9 Å². The first-order chi connectivity index (χ1) is 12.9. The Kier molecular flexibility index (Phi) is 5.79. The Morgan fingerprint density at radius 3 is 2.33 bits per heavy atom. The highest BCUT2D eigenvalue weighted by Gasteiger charge is 2.31. The van der Waals surface area contributed by atoms with Gasteiger partial charge in [0.05, 0.1) is 16.7 Å². The van der Waals surface area contributed by atoms with E-state index in [0.29, 0.717) is 10.7 Å². The molecular weight excluding hydrogens is 384 g/mol. The largest absolute Gasteiger partial charge is 0.337 e. The lowest BCUT2D eigenvalue weighted by Gasteiger charge is -2.35. The molecule has 1 heterocycles. The van der Waals surface area contributed by atoms with E-state index in [1.54, 1.807) is 7.05 Å². The third kappa shape index (κ3) is 3.57. The fourth-order valence-electron chi connectivity index (χ4n) is 3.84. The van der Waals surface area contributed by atoms with E-state index in [9.17, 15) is 8.42 Å². The van der Waals surface area contributed by atoms with Crippen LogP contribution < -0.4 is 5.06 Å². The van der Waals surface area contributed by atoms with Crippen LogP contribution in [-0.2, 0) is 20.8 Å². The monoisotopic (exact) mass is 406 g/mol. The maximum Gasteiger partial charge on any atom is 0.277 e. The van der Waals surface area contributed by atoms with Gasteiger partial charge in [-0.25, -0.2) is 13.5 Å². The predicted molar refractivity (Wildman–Crippen MR) is 111 cm³/mol. The van der Waals surface area contributed by atoms with E-state index in [2.05, 4.69) is 36.7 Å². The van der Waals surface area contributed by atoms with Crippen LogP contribution >= 0.6 is 11.6 Å². The van der Waals surface area contributed by atoms with Gasteiger partial charge < -0.3 is 4.57 Å². The van der Waals surface area contributed by atoms with Crippen molar-refractivity contribution in [2.45, 2.75) is 32.2 Å². The number of hydroxylamine groups is 1. The number of halogens is 1. The number of fused-ring (bicyclic) bond motifs is 1. The van der Waals surface area contributed by atoms with Gasteiger partial charge in [-0.3, -0.25) is 0 Å². The van der Waals surface area contributed by atoms with Crippen molar-refractivity contribution in [2.24, 2.45) is 0 Å². The lowest BCUT2D eigenvalue weighted by molar-refractivity contribution is 0.321. The van der Waals surface area contributed by atoms with Crippen molar-refractivity contribution in [3.05, 3.63) is 65.3 Å². The van der Waals surface area contributed by atoms with Gasteiger partial charge in [0.25, 0.3) is 11.0 Å². The van der Waals surface area contributed by atoms with Gasteiger partial charge in [-0.15, -0.1) is 0 Å². The van der Waals surface area contributed by atoms with Gasteiger partial charge in [-0.2, -0.15) is 4.28 Å². The van der Waals surface area contributed by atoms with E-state index in [-0.39, 0.29) is 5.54 Å². The molecule has 0 aliphatic rings. The molecule has 0 aliphatic heterocycles. The molecule has 144 valence electrons. The summed E-state index contributed by atoms with van der Waals surface area (Å²) in [6, 6.07) is 15.8. The molecule has 0 fully saturated rings. The van der Waals surface area contributed by atoms with Crippen LogP contribution in [0.15, 0.2) is 54.7 Å². The van der Waals surface area contributed by atoms with Crippen molar-refractivity contribution < 1.29 is 12.7 Å². The van der Waals surface area contributed by atoms with Gasteiger partial charge in [0.2, 0.25) is 0 Å². The summed E-state index contributed by atoms with van der Waals surface area (Å²) in [6.45, 7) is 4.34. The molecule has 3 aromatic rings. The van der Waals surface area contributed by atoms with Crippen molar-refractivity contribution in [1.29, 1.82) is 0 Å². The van der Waals surface area contributed by atoms with Gasteiger partial charge in [-0.1, -0.05) is 43.6 Å². The molecule has 0 spiro atoms. The van der Waals surface area contributed by atoms with Crippen molar-refractivity contribution in [2.75, 3.05) is 12.1 Å². The molecule has 1 aromatic heterocycles. The molecule has 0 N–H and O–H groups in total. The SMILES string of the molecule is CCC(CC)(c1ccc(Cl)cc1)n1ccc2c(N(C)O[SH](=O)=O)cccc21. The number of nitrogens with zero attached hydrogens (tertiary/aromatic N) is 2. The number of benzene rings is 2. The van der Waals surface area contributed by atoms with Crippen molar-refractivity contribution in [1.82, 2.24) is 4.57 Å². The number of rotatable bonds is 7. The summed E-state index contributed by atoms with van der Waals surface area (Å²) in [7, 11) is -1.39. The van der Waals surface area contributed by atoms with Gasteiger partial charge in [-0.05, 0) is 48.7 Å². The quantitative estimate of drug-likeness (QED) is 0.454. The molecule has 5 nitrogen and oxygen atoms in total. The van der Waals surface area contributed by atoms with Crippen LogP contribution in [0, 0.1) is 0 Å². The zero-order valence-electron chi connectivity index (χ0n) is 15.6. The molecule has 0 saturated carbocycles. The first-order valence-corrected chi connectivity index (χ1v) is 10.3. The van der Waals surface area contributed by atoms with Gasteiger partial charge in [0.15, 0.2) is 0 Å². The molecule has 0 atom stereocenters. The first kappa shape index (κ1) is 19.7. The van der Waals surface area contributed by atoms with Gasteiger partial charge in [0, 0.05) is 23.7 Å². The van der Waals surface area contributed by atoms with E-state index in [0.717, 1.165) is 23.7 Å². The minimum atomic E-state index is -2.97. The maximum absolute atomic E-state index is 10.9. The van der Waals surface area contributed by atoms with Crippen LogP contribution in [-0.4, -0.2) is 20.0 Å². The summed E-state index contributed by atoms with van der Waals surface area (Å²) in [5, 5.41) is 2.92. The molecule has 0 bridgehead atoms. The summed E-state index contributed by atoms with van der Waals surface area (Å²) in [5.74, 6) is 0. The Morgan fingerprint density at radius 2 is 1.74 bits per heavy atom. The minimum absolute atomic E-state index is 0.228. The third-order valence-electron chi connectivity index (χ3n) is 5.25. The molecule has 27 heavy (non-hydrogen) atoms. The minimum Gasteiger partial charge on any atom is -0.337 e.